The van der Waals surface area contributed by atoms with E-state index in [-0.39, 0.29) is 18.7 Å². The summed E-state index contributed by atoms with van der Waals surface area (Å²) in [7, 11) is 0. The van der Waals surface area contributed by atoms with Crippen LogP contribution in [0.25, 0.3) is 10.4 Å². The van der Waals surface area contributed by atoms with Gasteiger partial charge >= 0.3 is 5.97 Å². The highest BCUT2D eigenvalue weighted by molar-refractivity contribution is 7.12. The first-order valence-corrected chi connectivity index (χ1v) is 8.46. The number of thiazole rings is 1. The van der Waals surface area contributed by atoms with Crippen molar-refractivity contribution in [1.82, 2.24) is 4.98 Å². The maximum Gasteiger partial charge on any atom is 0.358 e. The topological polar surface area (TPSA) is 88.0 Å². The molecule has 0 spiro atoms. The second kappa shape index (κ2) is 9.10. The van der Waals surface area contributed by atoms with Crippen molar-refractivity contribution in [2.75, 3.05) is 13.2 Å². The van der Waals surface area contributed by atoms with Gasteiger partial charge in [0.1, 0.15) is 11.6 Å². The molecule has 0 atom stereocenters. The molecule has 6 nitrogen and oxygen atoms in total. The number of aromatic nitrogens is 1. The fourth-order valence-corrected chi connectivity index (χ4v) is 3.38. The predicted molar refractivity (Wildman–Crippen MR) is 89.6 cm³/mol. The summed E-state index contributed by atoms with van der Waals surface area (Å²) in [6.07, 6.45) is 1.27. The summed E-state index contributed by atoms with van der Waals surface area (Å²) < 4.78 is 31.6. The molecule has 0 N–H and O–H groups in total. The summed E-state index contributed by atoms with van der Waals surface area (Å²) in [4.78, 5) is 19.7. The zero-order chi connectivity index (χ0) is 18.2. The van der Waals surface area contributed by atoms with Crippen LogP contribution < -0.4 is 0 Å². The number of carbonyl (C=O) groups excluding carboxylic acids is 1. The molecule has 132 valence electrons. The average molecular weight is 366 g/mol. The summed E-state index contributed by atoms with van der Waals surface area (Å²) >= 11 is 1.29. The number of benzene rings is 1. The molecule has 2 rings (SSSR count). The fraction of sp³-hybridized carbons (Fsp3) is 0.375. The van der Waals surface area contributed by atoms with E-state index in [0.717, 1.165) is 6.07 Å². The number of rotatable bonds is 8. The van der Waals surface area contributed by atoms with E-state index < -0.39 is 17.6 Å². The van der Waals surface area contributed by atoms with Crippen LogP contribution in [-0.2, 0) is 17.6 Å². The van der Waals surface area contributed by atoms with Crippen LogP contribution in [0, 0.1) is 11.6 Å². The monoisotopic (exact) mass is 366 g/mol. The molecule has 25 heavy (non-hydrogen) atoms. The Hall–Kier alpha value is -2.51. The van der Waals surface area contributed by atoms with Crippen molar-refractivity contribution in [3.8, 4) is 0 Å². The van der Waals surface area contributed by atoms with Gasteiger partial charge < -0.3 is 4.74 Å². The Labute approximate surface area is 147 Å². The summed E-state index contributed by atoms with van der Waals surface area (Å²) in [6.45, 7) is 2.22. The number of nitrogens with zero attached hydrogens (tertiary/aromatic N) is 4. The Morgan fingerprint density at radius 2 is 2.08 bits per heavy atom. The first-order chi connectivity index (χ1) is 12.0. The zero-order valence-electron chi connectivity index (χ0n) is 13.5. The van der Waals surface area contributed by atoms with E-state index in [1.54, 1.807) is 6.92 Å². The third kappa shape index (κ3) is 5.51. The molecule has 0 aliphatic carbocycles. The fourth-order valence-electron chi connectivity index (χ4n) is 2.25. The minimum absolute atomic E-state index is 0.208. The molecule has 0 bridgehead atoms. The minimum Gasteiger partial charge on any atom is -0.461 e. The molecular formula is C16H16F2N4O2S. The number of azide groups is 1. The Kier molecular flexibility index (Phi) is 6.85. The summed E-state index contributed by atoms with van der Waals surface area (Å²) in [5, 5.41) is 4.02. The van der Waals surface area contributed by atoms with Gasteiger partial charge in [0.25, 0.3) is 0 Å². The Balaban J connectivity index is 2.22. The maximum atomic E-state index is 13.3. The van der Waals surface area contributed by atoms with E-state index in [0.29, 0.717) is 34.8 Å². The predicted octanol–water partition coefficient (Wildman–Crippen LogP) is 4.43. The largest absolute Gasteiger partial charge is 0.461 e. The second-order valence-electron chi connectivity index (χ2n) is 5.11. The van der Waals surface area contributed by atoms with Crippen molar-refractivity contribution in [2.24, 2.45) is 5.11 Å². The molecule has 0 fully saturated rings. The standard InChI is InChI=1S/C16H16F2N4O2S/c1-2-24-16(23)15-13(4-3-5-20-22-19)25-14(21-15)8-10-6-11(17)9-12(18)7-10/h6-7,9H,2-5,8H2,1H3. The van der Waals surface area contributed by atoms with E-state index >= 15 is 0 Å². The minimum atomic E-state index is -0.660. The molecule has 0 aliphatic rings. The lowest BCUT2D eigenvalue weighted by molar-refractivity contribution is 0.0519. The number of esters is 1. The first-order valence-electron chi connectivity index (χ1n) is 7.65. The third-order valence-corrected chi connectivity index (χ3v) is 4.33. The summed E-state index contributed by atoms with van der Waals surface area (Å²) in [5.41, 5.74) is 8.94. The molecule has 1 heterocycles. The van der Waals surface area contributed by atoms with Crippen LogP contribution in [-0.4, -0.2) is 24.1 Å². The number of hydrogen-bond donors (Lipinski definition) is 0. The van der Waals surface area contributed by atoms with Crippen LogP contribution in [0.4, 0.5) is 8.78 Å². The first kappa shape index (κ1) is 18.8. The number of halogens is 2. The quantitative estimate of drug-likeness (QED) is 0.228. The highest BCUT2D eigenvalue weighted by Gasteiger charge is 2.19. The van der Waals surface area contributed by atoms with E-state index in [2.05, 4.69) is 15.0 Å². The Bertz CT molecular complexity index is 783. The average Bonchev–Trinajstić information content (AvgIpc) is 2.93. The number of aryl methyl sites for hydroxylation is 1. The van der Waals surface area contributed by atoms with Gasteiger partial charge in [-0.2, -0.15) is 0 Å². The van der Waals surface area contributed by atoms with Crippen LogP contribution in [0.1, 0.15) is 39.3 Å². The normalized spacial score (nSPS) is 10.4. The SMILES string of the molecule is CCOC(=O)c1nc(Cc2cc(F)cc(F)c2)sc1CCCN=[N+]=[N-]. The van der Waals surface area contributed by atoms with Crippen molar-refractivity contribution in [2.45, 2.75) is 26.2 Å². The van der Waals surface area contributed by atoms with E-state index in [4.69, 9.17) is 10.3 Å². The second-order valence-corrected chi connectivity index (χ2v) is 6.28. The van der Waals surface area contributed by atoms with E-state index in [1.165, 1.54) is 23.5 Å². The van der Waals surface area contributed by atoms with Crippen molar-refractivity contribution < 1.29 is 18.3 Å². The molecule has 0 radical (unpaired) electrons. The maximum absolute atomic E-state index is 13.3. The molecule has 0 saturated heterocycles. The lowest BCUT2D eigenvalue weighted by Gasteiger charge is -2.01. The summed E-state index contributed by atoms with van der Waals surface area (Å²) in [5.74, 6) is -1.85. The molecule has 1 aromatic heterocycles. The molecular weight excluding hydrogens is 350 g/mol. The van der Waals surface area contributed by atoms with Crippen LogP contribution in [0.2, 0.25) is 0 Å². The van der Waals surface area contributed by atoms with E-state index in [9.17, 15) is 13.6 Å². The summed E-state index contributed by atoms with van der Waals surface area (Å²) in [6, 6.07) is 3.27. The van der Waals surface area contributed by atoms with Crippen LogP contribution in [0.15, 0.2) is 23.3 Å². The molecule has 9 heteroatoms. The molecule has 1 aromatic carbocycles. The van der Waals surface area contributed by atoms with Crippen LogP contribution in [0.5, 0.6) is 0 Å². The lowest BCUT2D eigenvalue weighted by Crippen LogP contribution is -2.08. The van der Waals surface area contributed by atoms with Gasteiger partial charge in [-0.3, -0.25) is 0 Å². The van der Waals surface area contributed by atoms with Gasteiger partial charge in [-0.25, -0.2) is 18.6 Å². The molecule has 0 saturated carbocycles. The van der Waals surface area contributed by atoms with Crippen LogP contribution >= 0.6 is 11.3 Å². The molecule has 0 amide bonds. The highest BCUT2D eigenvalue weighted by atomic mass is 32.1. The van der Waals surface area contributed by atoms with Gasteiger partial charge in [-0.05, 0) is 43.0 Å². The van der Waals surface area contributed by atoms with Gasteiger partial charge in [-0.1, -0.05) is 5.11 Å². The zero-order valence-corrected chi connectivity index (χ0v) is 14.4. The van der Waals surface area contributed by atoms with Crippen LogP contribution in [0.3, 0.4) is 0 Å². The Morgan fingerprint density at radius 3 is 2.72 bits per heavy atom. The molecule has 2 aromatic rings. The van der Waals surface area contributed by atoms with Crippen molar-refractivity contribution >= 4 is 17.3 Å². The van der Waals surface area contributed by atoms with Gasteiger partial charge in [0, 0.05) is 28.8 Å². The van der Waals surface area contributed by atoms with Gasteiger partial charge in [0.2, 0.25) is 0 Å². The van der Waals surface area contributed by atoms with E-state index in [1.807, 2.05) is 0 Å². The number of ether oxygens (including phenoxy) is 1. The third-order valence-electron chi connectivity index (χ3n) is 3.21. The van der Waals surface area contributed by atoms with Crippen molar-refractivity contribution in [1.29, 1.82) is 0 Å². The van der Waals surface area contributed by atoms with Gasteiger partial charge in [-0.15, -0.1) is 11.3 Å². The van der Waals surface area contributed by atoms with Gasteiger partial charge in [0.05, 0.1) is 11.6 Å². The number of hydrogen-bond acceptors (Lipinski definition) is 5. The smallest absolute Gasteiger partial charge is 0.358 e. The molecule has 0 aliphatic heterocycles. The van der Waals surface area contributed by atoms with Gasteiger partial charge in [0.15, 0.2) is 5.69 Å². The number of carbonyl (C=O) groups is 1. The van der Waals surface area contributed by atoms with Crippen molar-refractivity contribution in [3.63, 3.8) is 0 Å². The van der Waals surface area contributed by atoms with Crippen molar-refractivity contribution in [3.05, 3.63) is 61.4 Å². The highest BCUT2D eigenvalue weighted by Crippen LogP contribution is 2.24. The Morgan fingerprint density at radius 1 is 1.36 bits per heavy atom. The molecule has 0 unspecified atom stereocenters. The lowest BCUT2D eigenvalue weighted by atomic mass is 10.1.